The normalized spacial score (nSPS) is 11.8. The molecular weight excluding hydrogens is 343 g/mol. The van der Waals surface area contributed by atoms with Gasteiger partial charge in [0.2, 0.25) is 5.91 Å². The van der Waals surface area contributed by atoms with E-state index in [1.165, 1.54) is 12.1 Å². The number of hydrogen-bond acceptors (Lipinski definition) is 2. The molecule has 0 spiro atoms. The molecule has 3 N–H and O–H groups in total. The summed E-state index contributed by atoms with van der Waals surface area (Å²) in [6, 6.07) is 13.2. The SMILES string of the molecule is CCC(C(N)=O)c1c(-c2ccc(F)cc2)c2ccccc2[nH]c1=O.Cl. The van der Waals surface area contributed by atoms with Crippen LogP contribution in [0.4, 0.5) is 4.39 Å². The molecule has 1 unspecified atom stereocenters. The van der Waals surface area contributed by atoms with E-state index in [1.54, 1.807) is 25.1 Å². The second kappa shape index (κ2) is 7.49. The minimum absolute atomic E-state index is 0. The summed E-state index contributed by atoms with van der Waals surface area (Å²) in [4.78, 5) is 27.3. The highest BCUT2D eigenvalue weighted by molar-refractivity contribution is 5.98. The van der Waals surface area contributed by atoms with E-state index in [9.17, 15) is 14.0 Å². The maximum Gasteiger partial charge on any atom is 0.253 e. The Balaban J connectivity index is 0.00000225. The Labute approximate surface area is 150 Å². The van der Waals surface area contributed by atoms with E-state index in [4.69, 9.17) is 5.73 Å². The van der Waals surface area contributed by atoms with Gasteiger partial charge < -0.3 is 10.7 Å². The van der Waals surface area contributed by atoms with Crippen LogP contribution in [-0.2, 0) is 4.79 Å². The van der Waals surface area contributed by atoms with Gasteiger partial charge in [0.05, 0.1) is 5.92 Å². The molecule has 130 valence electrons. The molecule has 0 saturated heterocycles. The quantitative estimate of drug-likeness (QED) is 0.743. The number of hydrogen-bond donors (Lipinski definition) is 2. The molecule has 1 aromatic heterocycles. The number of amides is 1. The molecule has 0 fully saturated rings. The highest BCUT2D eigenvalue weighted by Crippen LogP contribution is 2.34. The Hall–Kier alpha value is -2.66. The number of fused-ring (bicyclic) bond motifs is 1. The lowest BCUT2D eigenvalue weighted by Gasteiger charge is -2.18. The van der Waals surface area contributed by atoms with Crippen molar-refractivity contribution in [2.45, 2.75) is 19.3 Å². The predicted molar refractivity (Wildman–Crippen MR) is 99.4 cm³/mol. The van der Waals surface area contributed by atoms with Gasteiger partial charge in [-0.15, -0.1) is 12.4 Å². The van der Waals surface area contributed by atoms with Crippen LogP contribution >= 0.6 is 12.4 Å². The van der Waals surface area contributed by atoms with Crippen LogP contribution in [0.15, 0.2) is 53.3 Å². The van der Waals surface area contributed by atoms with E-state index in [0.29, 0.717) is 28.6 Å². The van der Waals surface area contributed by atoms with Crippen molar-refractivity contribution in [1.82, 2.24) is 4.98 Å². The molecule has 3 rings (SSSR count). The van der Waals surface area contributed by atoms with Gasteiger partial charge in [0, 0.05) is 22.0 Å². The van der Waals surface area contributed by atoms with Gasteiger partial charge in [0.1, 0.15) is 5.82 Å². The number of carbonyl (C=O) groups excluding carboxylic acids is 1. The van der Waals surface area contributed by atoms with Crippen LogP contribution in [0.25, 0.3) is 22.0 Å². The van der Waals surface area contributed by atoms with Gasteiger partial charge in [-0.1, -0.05) is 37.3 Å². The fourth-order valence-electron chi connectivity index (χ4n) is 3.07. The number of nitrogens with two attached hydrogens (primary N) is 1. The molecule has 0 aliphatic rings. The van der Waals surface area contributed by atoms with E-state index in [2.05, 4.69) is 4.98 Å². The second-order valence-electron chi connectivity index (χ2n) is 5.66. The number of rotatable bonds is 4. The number of H-pyrrole nitrogens is 1. The molecule has 1 heterocycles. The molecule has 25 heavy (non-hydrogen) atoms. The van der Waals surface area contributed by atoms with Crippen LogP contribution in [0.2, 0.25) is 0 Å². The van der Waals surface area contributed by atoms with Crippen molar-refractivity contribution in [1.29, 1.82) is 0 Å². The molecule has 0 saturated carbocycles. The molecule has 0 aliphatic heterocycles. The molecule has 6 heteroatoms. The van der Waals surface area contributed by atoms with Crippen molar-refractivity contribution < 1.29 is 9.18 Å². The number of para-hydroxylation sites is 1. The Morgan fingerprint density at radius 1 is 1.16 bits per heavy atom. The highest BCUT2D eigenvalue weighted by atomic mass is 35.5. The maximum atomic E-state index is 13.3. The van der Waals surface area contributed by atoms with Crippen molar-refractivity contribution in [3.05, 3.63) is 70.3 Å². The van der Waals surface area contributed by atoms with Crippen LogP contribution in [0, 0.1) is 5.82 Å². The van der Waals surface area contributed by atoms with Gasteiger partial charge >= 0.3 is 0 Å². The lowest BCUT2D eigenvalue weighted by molar-refractivity contribution is -0.119. The number of carbonyl (C=O) groups is 1. The fourth-order valence-corrected chi connectivity index (χ4v) is 3.07. The molecule has 0 radical (unpaired) electrons. The van der Waals surface area contributed by atoms with E-state index < -0.39 is 11.8 Å². The van der Waals surface area contributed by atoms with Crippen molar-refractivity contribution in [3.63, 3.8) is 0 Å². The first-order valence-electron chi connectivity index (χ1n) is 7.73. The number of primary amides is 1. The van der Waals surface area contributed by atoms with E-state index >= 15 is 0 Å². The summed E-state index contributed by atoms with van der Waals surface area (Å²) in [6.45, 7) is 1.80. The minimum atomic E-state index is -0.710. The molecule has 0 aliphatic carbocycles. The number of aromatic nitrogens is 1. The molecular formula is C19H18ClFN2O2. The first-order valence-corrected chi connectivity index (χ1v) is 7.73. The van der Waals surface area contributed by atoms with Crippen molar-refractivity contribution in [2.75, 3.05) is 0 Å². The summed E-state index contributed by atoms with van der Waals surface area (Å²) < 4.78 is 13.3. The van der Waals surface area contributed by atoms with E-state index in [0.717, 1.165) is 5.39 Å². The van der Waals surface area contributed by atoms with Crippen LogP contribution in [-0.4, -0.2) is 10.9 Å². The number of halogens is 2. The zero-order valence-electron chi connectivity index (χ0n) is 13.6. The largest absolute Gasteiger partial charge is 0.369 e. The lowest BCUT2D eigenvalue weighted by atomic mass is 9.87. The smallest absolute Gasteiger partial charge is 0.253 e. The summed E-state index contributed by atoms with van der Waals surface area (Å²) in [6.07, 6.45) is 0.408. The van der Waals surface area contributed by atoms with Crippen LogP contribution in [0.3, 0.4) is 0 Å². The average molecular weight is 361 g/mol. The topological polar surface area (TPSA) is 76.0 Å². The Bertz CT molecular complexity index is 967. The summed E-state index contributed by atoms with van der Waals surface area (Å²) in [5, 5.41) is 0.790. The van der Waals surface area contributed by atoms with Crippen molar-refractivity contribution >= 4 is 29.2 Å². The number of pyridine rings is 1. The van der Waals surface area contributed by atoms with Gasteiger partial charge in [0.25, 0.3) is 5.56 Å². The number of aromatic amines is 1. The van der Waals surface area contributed by atoms with Gasteiger partial charge in [0.15, 0.2) is 0 Å². The summed E-state index contributed by atoms with van der Waals surface area (Å²) in [7, 11) is 0. The Morgan fingerprint density at radius 2 is 1.80 bits per heavy atom. The molecule has 4 nitrogen and oxygen atoms in total. The predicted octanol–water partition coefficient (Wildman–Crippen LogP) is 3.73. The van der Waals surface area contributed by atoms with Crippen molar-refractivity contribution in [3.8, 4) is 11.1 Å². The zero-order chi connectivity index (χ0) is 17.3. The van der Waals surface area contributed by atoms with Gasteiger partial charge in [-0.05, 0) is 30.2 Å². The third-order valence-electron chi connectivity index (χ3n) is 4.19. The number of benzene rings is 2. The van der Waals surface area contributed by atoms with Gasteiger partial charge in [-0.25, -0.2) is 4.39 Å². The first kappa shape index (κ1) is 18.7. The highest BCUT2D eigenvalue weighted by Gasteiger charge is 2.25. The number of nitrogens with one attached hydrogen (secondary N) is 1. The second-order valence-corrected chi connectivity index (χ2v) is 5.66. The molecule has 0 bridgehead atoms. The van der Waals surface area contributed by atoms with E-state index in [-0.39, 0.29) is 23.8 Å². The third-order valence-corrected chi connectivity index (χ3v) is 4.19. The maximum absolute atomic E-state index is 13.3. The summed E-state index contributed by atoms with van der Waals surface area (Å²) in [5.74, 6) is -1.63. The molecule has 3 aromatic rings. The minimum Gasteiger partial charge on any atom is -0.369 e. The average Bonchev–Trinajstić information content (AvgIpc) is 2.56. The first-order chi connectivity index (χ1) is 11.5. The van der Waals surface area contributed by atoms with Crippen molar-refractivity contribution in [2.24, 2.45) is 5.73 Å². The Morgan fingerprint density at radius 3 is 2.40 bits per heavy atom. The fraction of sp³-hybridized carbons (Fsp3) is 0.158. The summed E-state index contributed by atoms with van der Waals surface area (Å²) >= 11 is 0. The molecule has 2 aromatic carbocycles. The third kappa shape index (κ3) is 3.42. The lowest BCUT2D eigenvalue weighted by Crippen LogP contribution is -2.28. The van der Waals surface area contributed by atoms with Crippen LogP contribution in [0.5, 0.6) is 0 Å². The standard InChI is InChI=1S/C19H17FN2O2.ClH/c1-2-13(18(21)23)17-16(11-7-9-12(20)10-8-11)14-5-3-4-6-15(14)22-19(17)24;/h3-10,13H,2H2,1H3,(H2,21,23)(H,22,24);1H. The monoisotopic (exact) mass is 360 g/mol. The molecule has 1 amide bonds. The van der Waals surface area contributed by atoms with Gasteiger partial charge in [-0.3, -0.25) is 9.59 Å². The van der Waals surface area contributed by atoms with Crippen LogP contribution in [0.1, 0.15) is 24.8 Å². The van der Waals surface area contributed by atoms with E-state index in [1.807, 2.05) is 18.2 Å². The van der Waals surface area contributed by atoms with Crippen LogP contribution < -0.4 is 11.3 Å². The summed E-state index contributed by atoms with van der Waals surface area (Å²) in [5.41, 5.74) is 7.45. The van der Waals surface area contributed by atoms with Gasteiger partial charge in [-0.2, -0.15) is 0 Å². The molecule has 1 atom stereocenters. The Kier molecular flexibility index (Phi) is 5.59. The zero-order valence-corrected chi connectivity index (χ0v) is 14.4.